The fourth-order valence-corrected chi connectivity index (χ4v) is 4.88. The number of piperidine rings is 1. The first kappa shape index (κ1) is 16.9. The molecular formula is C21H32N4O. The van der Waals surface area contributed by atoms with E-state index < -0.39 is 0 Å². The maximum absolute atomic E-state index is 6.10. The third kappa shape index (κ3) is 3.89. The van der Waals surface area contributed by atoms with E-state index in [-0.39, 0.29) is 0 Å². The van der Waals surface area contributed by atoms with Crippen LogP contribution in [0.15, 0.2) is 18.5 Å². The molecule has 1 atom stereocenters. The van der Waals surface area contributed by atoms with E-state index in [1.807, 2.05) is 18.5 Å². The van der Waals surface area contributed by atoms with Gasteiger partial charge < -0.3 is 14.5 Å². The lowest BCUT2D eigenvalue weighted by Gasteiger charge is -2.39. The molecule has 0 aromatic carbocycles. The summed E-state index contributed by atoms with van der Waals surface area (Å²) in [6.45, 7) is 6.77. The molecule has 26 heavy (non-hydrogen) atoms. The average molecular weight is 357 g/mol. The van der Waals surface area contributed by atoms with Gasteiger partial charge in [-0.15, -0.1) is 0 Å². The van der Waals surface area contributed by atoms with Gasteiger partial charge in [0.1, 0.15) is 0 Å². The Balaban J connectivity index is 1.24. The minimum Gasteiger partial charge on any atom is -0.379 e. The summed E-state index contributed by atoms with van der Waals surface area (Å²) in [5.74, 6) is 2.73. The smallest absolute Gasteiger partial charge is 0.225 e. The van der Waals surface area contributed by atoms with Gasteiger partial charge in [0.25, 0.3) is 0 Å². The Morgan fingerprint density at radius 1 is 1.00 bits per heavy atom. The molecule has 0 bridgehead atoms. The average Bonchev–Trinajstić information content (AvgIpc) is 3.59. The summed E-state index contributed by atoms with van der Waals surface area (Å²) in [6, 6.07) is 2.34. The van der Waals surface area contributed by atoms with Crippen LogP contribution < -0.4 is 4.90 Å². The van der Waals surface area contributed by atoms with Crippen molar-refractivity contribution < 1.29 is 4.74 Å². The Hall–Kier alpha value is -1.20. The number of hydrogen-bond donors (Lipinski definition) is 0. The number of likely N-dealkylation sites (tertiary alicyclic amines) is 1. The van der Waals surface area contributed by atoms with E-state index in [1.54, 1.807) is 0 Å². The number of rotatable bonds is 7. The van der Waals surface area contributed by atoms with Crippen LogP contribution in [0, 0.1) is 17.3 Å². The predicted octanol–water partition coefficient (Wildman–Crippen LogP) is 2.97. The number of anilines is 1. The van der Waals surface area contributed by atoms with Gasteiger partial charge in [-0.05, 0) is 81.4 Å². The molecule has 2 saturated carbocycles. The number of ether oxygens (including phenoxy) is 1. The van der Waals surface area contributed by atoms with Crippen molar-refractivity contribution in [2.75, 3.05) is 44.3 Å². The highest BCUT2D eigenvalue weighted by atomic mass is 16.5. The van der Waals surface area contributed by atoms with Gasteiger partial charge in [-0.3, -0.25) is 0 Å². The maximum Gasteiger partial charge on any atom is 0.225 e. The predicted molar refractivity (Wildman–Crippen MR) is 102 cm³/mol. The van der Waals surface area contributed by atoms with Gasteiger partial charge in [0.05, 0.1) is 12.6 Å². The van der Waals surface area contributed by atoms with Crippen LogP contribution in [0.4, 0.5) is 5.95 Å². The van der Waals surface area contributed by atoms with Gasteiger partial charge in [-0.2, -0.15) is 0 Å². The standard InChI is InChI=1S/C21H32N4O/c1-8-22-20(23-9-1)25-16-21(12-19(25)15-26-14-18-4-5-18)6-10-24(11-7-21)13-17-2-3-17/h1,8-9,17-19H,2-7,10-16H2/t19-/m0/s1. The lowest BCUT2D eigenvalue weighted by molar-refractivity contribution is 0.0912. The summed E-state index contributed by atoms with van der Waals surface area (Å²) < 4.78 is 6.10. The molecule has 2 aliphatic heterocycles. The van der Waals surface area contributed by atoms with Crippen LogP contribution in [0.3, 0.4) is 0 Å². The summed E-state index contributed by atoms with van der Waals surface area (Å²) in [5.41, 5.74) is 0.437. The second kappa shape index (κ2) is 7.08. The number of hydrogen-bond acceptors (Lipinski definition) is 5. The van der Waals surface area contributed by atoms with Crippen LogP contribution >= 0.6 is 0 Å². The topological polar surface area (TPSA) is 41.5 Å². The van der Waals surface area contributed by atoms with Crippen molar-refractivity contribution in [3.63, 3.8) is 0 Å². The minimum atomic E-state index is 0.436. The molecule has 5 heteroatoms. The van der Waals surface area contributed by atoms with E-state index >= 15 is 0 Å². The molecule has 5 rings (SSSR count). The molecule has 3 heterocycles. The van der Waals surface area contributed by atoms with E-state index in [0.717, 1.165) is 37.5 Å². The quantitative estimate of drug-likeness (QED) is 0.751. The third-order valence-corrected chi connectivity index (χ3v) is 6.91. The van der Waals surface area contributed by atoms with Crippen LogP contribution in [0.1, 0.15) is 44.9 Å². The SMILES string of the molecule is c1cnc(N2CC3(CCN(CC4CC4)CC3)C[C@H]2COCC2CC2)nc1. The molecule has 142 valence electrons. The fourth-order valence-electron chi connectivity index (χ4n) is 4.88. The normalized spacial score (nSPS) is 28.8. The number of aromatic nitrogens is 2. The van der Waals surface area contributed by atoms with Gasteiger partial charge in [0.15, 0.2) is 0 Å². The van der Waals surface area contributed by atoms with E-state index in [1.165, 1.54) is 64.6 Å². The molecule has 0 radical (unpaired) electrons. The van der Waals surface area contributed by atoms with Crippen LogP contribution in [0.2, 0.25) is 0 Å². The van der Waals surface area contributed by atoms with E-state index in [9.17, 15) is 0 Å². The molecule has 4 fully saturated rings. The molecule has 1 aromatic heterocycles. The molecular weight excluding hydrogens is 324 g/mol. The summed E-state index contributed by atoms with van der Waals surface area (Å²) in [4.78, 5) is 14.3. The number of nitrogens with zero attached hydrogens (tertiary/aromatic N) is 4. The van der Waals surface area contributed by atoms with Crippen LogP contribution in [-0.2, 0) is 4.74 Å². The Labute approximate surface area is 157 Å². The Morgan fingerprint density at radius 2 is 1.73 bits per heavy atom. The van der Waals surface area contributed by atoms with Gasteiger partial charge in [-0.25, -0.2) is 9.97 Å². The van der Waals surface area contributed by atoms with Crippen molar-refractivity contribution in [3.8, 4) is 0 Å². The Kier molecular flexibility index (Phi) is 4.61. The van der Waals surface area contributed by atoms with Crippen molar-refractivity contribution in [1.82, 2.24) is 14.9 Å². The second-order valence-corrected chi connectivity index (χ2v) is 9.26. The van der Waals surface area contributed by atoms with Crippen LogP contribution in [-0.4, -0.2) is 60.3 Å². The summed E-state index contributed by atoms with van der Waals surface area (Å²) in [5, 5.41) is 0. The first-order valence-electron chi connectivity index (χ1n) is 10.6. The van der Waals surface area contributed by atoms with Gasteiger partial charge in [0.2, 0.25) is 5.95 Å². The van der Waals surface area contributed by atoms with Gasteiger partial charge in [-0.1, -0.05) is 0 Å². The highest BCUT2D eigenvalue weighted by Crippen LogP contribution is 2.45. The van der Waals surface area contributed by atoms with Gasteiger partial charge in [0, 0.05) is 32.1 Å². The zero-order chi connectivity index (χ0) is 17.4. The first-order valence-corrected chi connectivity index (χ1v) is 10.6. The third-order valence-electron chi connectivity index (χ3n) is 6.91. The van der Waals surface area contributed by atoms with Crippen molar-refractivity contribution in [2.45, 2.75) is 51.0 Å². The fraction of sp³-hybridized carbons (Fsp3) is 0.810. The Morgan fingerprint density at radius 3 is 2.42 bits per heavy atom. The monoisotopic (exact) mass is 356 g/mol. The van der Waals surface area contributed by atoms with Crippen molar-refractivity contribution in [1.29, 1.82) is 0 Å². The van der Waals surface area contributed by atoms with Gasteiger partial charge >= 0.3 is 0 Å². The van der Waals surface area contributed by atoms with Crippen LogP contribution in [0.5, 0.6) is 0 Å². The van der Waals surface area contributed by atoms with E-state index in [2.05, 4.69) is 19.8 Å². The molecule has 1 spiro atoms. The summed E-state index contributed by atoms with van der Waals surface area (Å²) in [6.07, 6.45) is 13.3. The van der Waals surface area contributed by atoms with Crippen molar-refractivity contribution in [2.24, 2.45) is 17.3 Å². The zero-order valence-electron chi connectivity index (χ0n) is 15.9. The molecule has 4 aliphatic rings. The summed E-state index contributed by atoms with van der Waals surface area (Å²) >= 11 is 0. The largest absolute Gasteiger partial charge is 0.379 e. The molecule has 5 nitrogen and oxygen atoms in total. The second-order valence-electron chi connectivity index (χ2n) is 9.26. The van der Waals surface area contributed by atoms with E-state index in [4.69, 9.17) is 4.74 Å². The molecule has 2 saturated heterocycles. The maximum atomic E-state index is 6.10. The first-order chi connectivity index (χ1) is 12.8. The minimum absolute atomic E-state index is 0.436. The van der Waals surface area contributed by atoms with Crippen molar-refractivity contribution >= 4 is 5.95 Å². The summed E-state index contributed by atoms with van der Waals surface area (Å²) in [7, 11) is 0. The molecule has 2 aliphatic carbocycles. The van der Waals surface area contributed by atoms with E-state index in [0.29, 0.717) is 11.5 Å². The zero-order valence-corrected chi connectivity index (χ0v) is 15.9. The van der Waals surface area contributed by atoms with Crippen molar-refractivity contribution in [3.05, 3.63) is 18.5 Å². The molecule has 1 aromatic rings. The lowest BCUT2D eigenvalue weighted by Crippen LogP contribution is -2.42. The highest BCUT2D eigenvalue weighted by molar-refractivity contribution is 5.35. The molecule has 0 amide bonds. The molecule has 0 N–H and O–H groups in total. The van der Waals surface area contributed by atoms with Crippen LogP contribution in [0.25, 0.3) is 0 Å². The lowest BCUT2D eigenvalue weighted by atomic mass is 9.76. The Bertz CT molecular complexity index is 593. The molecule has 0 unspecified atom stereocenters. The highest BCUT2D eigenvalue weighted by Gasteiger charge is 2.46.